The van der Waals surface area contributed by atoms with Crippen molar-refractivity contribution in [2.75, 3.05) is 20.1 Å². The Bertz CT molecular complexity index is 887. The van der Waals surface area contributed by atoms with E-state index in [1.807, 2.05) is 0 Å². The molecule has 3 fully saturated rings. The molecule has 0 bridgehead atoms. The third-order valence-electron chi connectivity index (χ3n) is 11.9. The summed E-state index contributed by atoms with van der Waals surface area (Å²) in [6, 6.07) is 0. The minimum Gasteiger partial charge on any atom is -0.344 e. The summed E-state index contributed by atoms with van der Waals surface area (Å²) < 4.78 is 13.6. The lowest BCUT2D eigenvalue weighted by Crippen LogP contribution is -2.43. The van der Waals surface area contributed by atoms with Crippen molar-refractivity contribution in [2.24, 2.45) is 5.41 Å². The highest BCUT2D eigenvalue weighted by Crippen LogP contribution is 2.56. The molecule has 0 aromatic carbocycles. The van der Waals surface area contributed by atoms with E-state index in [4.69, 9.17) is 9.47 Å². The first-order valence-electron chi connectivity index (χ1n) is 22.2. The highest BCUT2D eigenvalue weighted by Gasteiger charge is 2.56. The van der Waals surface area contributed by atoms with Gasteiger partial charge in [-0.2, -0.15) is 0 Å². The SMILES string of the molecule is CCCCCC=CCC=CCCCCCCCCC1(CCCCCCCCC=CCC=CCCCCC)CCC2(C1)O[C@H]1CCN(C)C[C@@H]1O2. The van der Waals surface area contributed by atoms with Gasteiger partial charge in [-0.3, -0.25) is 0 Å². The van der Waals surface area contributed by atoms with Crippen LogP contribution >= 0.6 is 0 Å². The largest absolute Gasteiger partial charge is 0.344 e. The molecule has 0 amide bonds. The molecule has 3 nitrogen and oxygen atoms in total. The molecule has 50 heavy (non-hydrogen) atoms. The Morgan fingerprint density at radius 2 is 0.960 bits per heavy atom. The van der Waals surface area contributed by atoms with E-state index in [0.29, 0.717) is 11.5 Å². The minimum atomic E-state index is -0.281. The number of piperidine rings is 1. The van der Waals surface area contributed by atoms with E-state index in [1.54, 1.807) is 0 Å². The van der Waals surface area contributed by atoms with Gasteiger partial charge in [-0.15, -0.1) is 0 Å². The number of hydrogen-bond donors (Lipinski definition) is 0. The summed E-state index contributed by atoms with van der Waals surface area (Å²) >= 11 is 0. The van der Waals surface area contributed by atoms with Crippen molar-refractivity contribution < 1.29 is 9.47 Å². The fourth-order valence-corrected chi connectivity index (χ4v) is 8.81. The molecule has 0 aromatic heterocycles. The van der Waals surface area contributed by atoms with Crippen molar-refractivity contribution in [3.63, 3.8) is 0 Å². The van der Waals surface area contributed by atoms with E-state index in [2.05, 4.69) is 74.4 Å². The molecule has 0 aromatic rings. The fourth-order valence-electron chi connectivity index (χ4n) is 8.81. The van der Waals surface area contributed by atoms with Gasteiger partial charge < -0.3 is 14.4 Å². The summed E-state index contributed by atoms with van der Waals surface area (Å²) in [5, 5.41) is 0. The molecule has 2 aliphatic heterocycles. The predicted molar refractivity (Wildman–Crippen MR) is 219 cm³/mol. The molecule has 1 aliphatic carbocycles. The first-order chi connectivity index (χ1) is 24.6. The van der Waals surface area contributed by atoms with Crippen LogP contribution in [0.4, 0.5) is 0 Å². The van der Waals surface area contributed by atoms with Crippen molar-refractivity contribution >= 4 is 0 Å². The van der Waals surface area contributed by atoms with Crippen LogP contribution in [0.3, 0.4) is 0 Å². The van der Waals surface area contributed by atoms with Gasteiger partial charge in [-0.25, -0.2) is 0 Å². The Morgan fingerprint density at radius 3 is 1.46 bits per heavy atom. The predicted octanol–water partition coefficient (Wildman–Crippen LogP) is 14.4. The number of rotatable bonds is 30. The summed E-state index contributed by atoms with van der Waals surface area (Å²) in [6.45, 7) is 6.74. The smallest absolute Gasteiger partial charge is 0.169 e. The van der Waals surface area contributed by atoms with E-state index in [0.717, 1.165) is 45.2 Å². The number of fused-ring (bicyclic) bond motifs is 1. The molecule has 3 atom stereocenters. The number of likely N-dealkylation sites (N-methyl/N-ethyl adjacent to an activating group) is 1. The van der Waals surface area contributed by atoms with Crippen LogP contribution in [-0.2, 0) is 9.47 Å². The van der Waals surface area contributed by atoms with Crippen molar-refractivity contribution in [1.82, 2.24) is 4.90 Å². The van der Waals surface area contributed by atoms with Gasteiger partial charge in [-0.1, -0.05) is 152 Å². The number of ether oxygens (including phenoxy) is 2. The first kappa shape index (κ1) is 43.2. The second-order valence-corrected chi connectivity index (χ2v) is 16.6. The first-order valence-corrected chi connectivity index (χ1v) is 22.2. The van der Waals surface area contributed by atoms with Gasteiger partial charge in [0.1, 0.15) is 0 Å². The van der Waals surface area contributed by atoms with Gasteiger partial charge >= 0.3 is 0 Å². The number of allylic oxidation sites excluding steroid dienone is 8. The van der Waals surface area contributed by atoms with E-state index >= 15 is 0 Å². The molecular formula is C47H83NO2. The highest BCUT2D eigenvalue weighted by molar-refractivity contribution is 5.01. The zero-order valence-electron chi connectivity index (χ0n) is 33.7. The third-order valence-corrected chi connectivity index (χ3v) is 11.9. The van der Waals surface area contributed by atoms with Gasteiger partial charge in [0.2, 0.25) is 0 Å². The minimum absolute atomic E-state index is 0.281. The Labute approximate surface area is 312 Å². The Kier molecular flexibility index (Phi) is 23.7. The van der Waals surface area contributed by atoms with E-state index in [1.165, 1.54) is 161 Å². The van der Waals surface area contributed by atoms with E-state index in [-0.39, 0.29) is 11.9 Å². The molecule has 3 rings (SSSR count). The van der Waals surface area contributed by atoms with Crippen molar-refractivity contribution in [3.05, 3.63) is 48.6 Å². The van der Waals surface area contributed by atoms with Crippen LogP contribution in [0.5, 0.6) is 0 Å². The van der Waals surface area contributed by atoms with Crippen LogP contribution in [0.1, 0.15) is 206 Å². The zero-order valence-corrected chi connectivity index (χ0v) is 33.7. The zero-order chi connectivity index (χ0) is 35.4. The van der Waals surface area contributed by atoms with Gasteiger partial charge in [-0.05, 0) is 102 Å². The summed E-state index contributed by atoms with van der Waals surface area (Å²) in [5.41, 5.74) is 0.434. The van der Waals surface area contributed by atoms with Crippen molar-refractivity contribution in [2.45, 2.75) is 224 Å². The average molecular weight is 694 g/mol. The maximum absolute atomic E-state index is 6.82. The van der Waals surface area contributed by atoms with Crippen molar-refractivity contribution in [1.29, 1.82) is 0 Å². The lowest BCUT2D eigenvalue weighted by molar-refractivity contribution is -0.174. The summed E-state index contributed by atoms with van der Waals surface area (Å²) in [6.07, 6.45) is 59.0. The molecule has 0 radical (unpaired) electrons. The Morgan fingerprint density at radius 1 is 0.520 bits per heavy atom. The summed E-state index contributed by atoms with van der Waals surface area (Å²) in [7, 11) is 2.24. The molecule has 1 saturated carbocycles. The van der Waals surface area contributed by atoms with E-state index < -0.39 is 0 Å². The molecule has 288 valence electrons. The average Bonchev–Trinajstić information content (AvgIpc) is 3.65. The second kappa shape index (κ2) is 27.4. The molecule has 3 heteroatoms. The Hall–Kier alpha value is -1.16. The van der Waals surface area contributed by atoms with Crippen molar-refractivity contribution in [3.8, 4) is 0 Å². The molecule has 0 N–H and O–H groups in total. The summed E-state index contributed by atoms with van der Waals surface area (Å²) in [5.74, 6) is -0.281. The van der Waals surface area contributed by atoms with E-state index in [9.17, 15) is 0 Å². The molecule has 3 aliphatic rings. The second-order valence-electron chi connectivity index (χ2n) is 16.6. The number of likely N-dealkylation sites (tertiary alicyclic amines) is 1. The normalized spacial score (nSPS) is 25.9. The third kappa shape index (κ3) is 18.6. The molecule has 2 saturated heterocycles. The number of unbranched alkanes of at least 4 members (excludes halogenated alkanes) is 18. The lowest BCUT2D eigenvalue weighted by Gasteiger charge is -2.32. The van der Waals surface area contributed by atoms with Crippen LogP contribution in [-0.4, -0.2) is 43.0 Å². The monoisotopic (exact) mass is 694 g/mol. The van der Waals surface area contributed by atoms with Crippen LogP contribution in [0, 0.1) is 5.41 Å². The maximum Gasteiger partial charge on any atom is 0.169 e. The molecule has 1 spiro atoms. The van der Waals surface area contributed by atoms with Gasteiger partial charge in [0.25, 0.3) is 0 Å². The quantitative estimate of drug-likeness (QED) is 0.0552. The number of hydrogen-bond acceptors (Lipinski definition) is 3. The van der Waals surface area contributed by atoms with Crippen LogP contribution < -0.4 is 0 Å². The molecule has 1 unspecified atom stereocenters. The van der Waals surface area contributed by atoms with Gasteiger partial charge in [0.05, 0.1) is 12.2 Å². The standard InChI is InChI=1S/C47H83NO2/c1-4-6-8-10-12-14-16-18-20-22-24-26-28-30-32-34-37-46(39-40-47(43-46)49-44-36-41-48(3)42-45(44)50-47)38-35-33-31-29-27-25-23-21-19-17-15-13-11-9-7-5-2/h12-15,18-21,44-45H,4-11,16-17,22-43H2,1-3H3/t44-,45-,46?,47?/m0/s1. The fraction of sp³-hybridized carbons (Fsp3) is 0.830. The summed E-state index contributed by atoms with van der Waals surface area (Å²) in [4.78, 5) is 2.43. The number of nitrogens with zero attached hydrogens (tertiary/aromatic N) is 1. The topological polar surface area (TPSA) is 21.7 Å². The van der Waals surface area contributed by atoms with Crippen LogP contribution in [0.25, 0.3) is 0 Å². The van der Waals surface area contributed by atoms with Crippen LogP contribution in [0.15, 0.2) is 48.6 Å². The highest BCUT2D eigenvalue weighted by atomic mass is 16.8. The maximum atomic E-state index is 6.82. The Balaban J connectivity index is 1.28. The van der Waals surface area contributed by atoms with Gasteiger partial charge in [0.15, 0.2) is 5.79 Å². The van der Waals surface area contributed by atoms with Gasteiger partial charge in [0, 0.05) is 25.9 Å². The molecule has 2 heterocycles. The lowest BCUT2D eigenvalue weighted by atomic mass is 9.76. The molecular weight excluding hydrogens is 611 g/mol. The van der Waals surface area contributed by atoms with Crippen LogP contribution in [0.2, 0.25) is 0 Å².